The lowest BCUT2D eigenvalue weighted by molar-refractivity contribution is -0.140. The molecule has 0 atom stereocenters. The highest BCUT2D eigenvalue weighted by Crippen LogP contribution is 2.23. The van der Waals surface area contributed by atoms with Crippen molar-refractivity contribution in [3.63, 3.8) is 0 Å². The molecule has 1 aliphatic rings. The first-order valence-corrected chi connectivity index (χ1v) is 7.94. The lowest BCUT2D eigenvalue weighted by atomic mass is 10.1. The SMILES string of the molecule is COC(=O)CCc1ccc(N2C=NN(c3ccc(C#N)cc3)C2)cc1. The summed E-state index contributed by atoms with van der Waals surface area (Å²) in [5, 5.41) is 15.1. The third-order valence-electron chi connectivity index (χ3n) is 4.02. The molecule has 1 aliphatic heterocycles. The van der Waals surface area contributed by atoms with Crippen LogP contribution in [0.15, 0.2) is 53.6 Å². The Morgan fingerprint density at radius 3 is 2.48 bits per heavy atom. The van der Waals surface area contributed by atoms with Crippen LogP contribution in [0.2, 0.25) is 0 Å². The van der Waals surface area contributed by atoms with Gasteiger partial charge in [-0.05, 0) is 48.4 Å². The van der Waals surface area contributed by atoms with E-state index in [9.17, 15) is 4.79 Å². The summed E-state index contributed by atoms with van der Waals surface area (Å²) in [6.07, 6.45) is 2.83. The predicted molar refractivity (Wildman–Crippen MR) is 96.3 cm³/mol. The molecule has 3 rings (SSSR count). The van der Waals surface area contributed by atoms with Crippen molar-refractivity contribution in [3.05, 3.63) is 59.7 Å². The highest BCUT2D eigenvalue weighted by molar-refractivity contribution is 5.83. The summed E-state index contributed by atoms with van der Waals surface area (Å²) in [7, 11) is 1.40. The van der Waals surface area contributed by atoms with Gasteiger partial charge in [0, 0.05) is 12.1 Å². The standard InChI is InChI=1S/C19H18N4O2/c1-25-19(24)11-6-15-2-7-17(8-3-15)22-13-21-23(14-22)18-9-4-16(12-20)5-10-18/h2-5,7-10,13H,6,11,14H2,1H3. The lowest BCUT2D eigenvalue weighted by Gasteiger charge is -2.19. The van der Waals surface area contributed by atoms with Crippen LogP contribution in [0.25, 0.3) is 0 Å². The Bertz CT molecular complexity index is 807. The summed E-state index contributed by atoms with van der Waals surface area (Å²) in [5.41, 5.74) is 3.69. The molecule has 0 radical (unpaired) electrons. The molecule has 0 saturated carbocycles. The van der Waals surface area contributed by atoms with E-state index >= 15 is 0 Å². The van der Waals surface area contributed by atoms with Crippen molar-refractivity contribution in [2.24, 2.45) is 5.10 Å². The summed E-state index contributed by atoms with van der Waals surface area (Å²) >= 11 is 0. The number of rotatable bonds is 5. The molecule has 0 N–H and O–H groups in total. The number of hydrogen-bond donors (Lipinski definition) is 0. The number of hydrazone groups is 1. The van der Waals surface area contributed by atoms with Gasteiger partial charge in [-0.15, -0.1) is 0 Å². The topological polar surface area (TPSA) is 68.9 Å². The third kappa shape index (κ3) is 3.96. The van der Waals surface area contributed by atoms with Crippen molar-refractivity contribution in [2.45, 2.75) is 12.8 Å². The highest BCUT2D eigenvalue weighted by Gasteiger charge is 2.17. The van der Waals surface area contributed by atoms with Crippen molar-refractivity contribution < 1.29 is 9.53 Å². The van der Waals surface area contributed by atoms with E-state index in [1.54, 1.807) is 18.5 Å². The molecular formula is C19H18N4O2. The minimum absolute atomic E-state index is 0.200. The molecule has 0 saturated heterocycles. The zero-order valence-corrected chi connectivity index (χ0v) is 13.9. The zero-order chi connectivity index (χ0) is 17.6. The van der Waals surface area contributed by atoms with E-state index < -0.39 is 0 Å². The average molecular weight is 334 g/mol. The smallest absolute Gasteiger partial charge is 0.305 e. The van der Waals surface area contributed by atoms with Crippen molar-refractivity contribution in [2.75, 3.05) is 23.7 Å². The normalized spacial score (nSPS) is 13.0. The van der Waals surface area contributed by atoms with Gasteiger partial charge < -0.3 is 9.64 Å². The number of esters is 1. The molecule has 126 valence electrons. The number of hydrogen-bond acceptors (Lipinski definition) is 6. The van der Waals surface area contributed by atoms with Gasteiger partial charge in [-0.25, -0.2) is 5.01 Å². The van der Waals surface area contributed by atoms with Gasteiger partial charge in [0.25, 0.3) is 0 Å². The van der Waals surface area contributed by atoms with E-state index in [0.29, 0.717) is 25.1 Å². The Hall–Kier alpha value is -3.33. The van der Waals surface area contributed by atoms with E-state index in [1.165, 1.54) is 7.11 Å². The van der Waals surface area contributed by atoms with E-state index in [1.807, 2.05) is 46.3 Å². The number of aryl methyl sites for hydroxylation is 1. The molecule has 0 spiro atoms. The van der Waals surface area contributed by atoms with E-state index in [-0.39, 0.29) is 5.97 Å². The number of benzene rings is 2. The summed E-state index contributed by atoms with van der Waals surface area (Å²) < 4.78 is 4.66. The van der Waals surface area contributed by atoms with Crippen LogP contribution in [0.3, 0.4) is 0 Å². The molecule has 0 unspecified atom stereocenters. The molecule has 2 aromatic carbocycles. The Balaban J connectivity index is 1.61. The molecule has 0 aliphatic carbocycles. The summed E-state index contributed by atoms with van der Waals surface area (Å²) in [6, 6.07) is 17.5. The third-order valence-corrected chi connectivity index (χ3v) is 4.02. The summed E-state index contributed by atoms with van der Waals surface area (Å²) in [6.45, 7) is 0.605. The number of ether oxygens (including phenoxy) is 1. The van der Waals surface area contributed by atoms with Gasteiger partial charge in [0.15, 0.2) is 0 Å². The van der Waals surface area contributed by atoms with Crippen LogP contribution in [0.1, 0.15) is 17.5 Å². The van der Waals surface area contributed by atoms with Crippen molar-refractivity contribution in [3.8, 4) is 6.07 Å². The number of methoxy groups -OCH3 is 1. The first-order chi connectivity index (χ1) is 12.2. The number of nitriles is 1. The van der Waals surface area contributed by atoms with Gasteiger partial charge in [0.1, 0.15) is 13.0 Å². The maximum absolute atomic E-state index is 11.2. The fourth-order valence-corrected chi connectivity index (χ4v) is 2.55. The first kappa shape index (κ1) is 16.5. The van der Waals surface area contributed by atoms with Gasteiger partial charge in [-0.1, -0.05) is 12.1 Å². The maximum Gasteiger partial charge on any atom is 0.305 e. The average Bonchev–Trinajstić information content (AvgIpc) is 3.16. The minimum Gasteiger partial charge on any atom is -0.469 e. The Labute approximate surface area is 146 Å². The van der Waals surface area contributed by atoms with Crippen molar-refractivity contribution in [1.82, 2.24) is 0 Å². The molecule has 25 heavy (non-hydrogen) atoms. The van der Waals surface area contributed by atoms with Crippen LogP contribution in [-0.4, -0.2) is 26.1 Å². The number of anilines is 2. The molecule has 1 heterocycles. The molecule has 2 aromatic rings. The van der Waals surface area contributed by atoms with E-state index in [2.05, 4.69) is 15.9 Å². The van der Waals surface area contributed by atoms with Crippen molar-refractivity contribution >= 4 is 23.7 Å². The lowest BCUT2D eigenvalue weighted by Crippen LogP contribution is -2.26. The maximum atomic E-state index is 11.2. The highest BCUT2D eigenvalue weighted by atomic mass is 16.5. The second-order valence-electron chi connectivity index (χ2n) is 5.64. The molecule has 0 amide bonds. The summed E-state index contributed by atoms with van der Waals surface area (Å²) in [4.78, 5) is 13.2. The van der Waals surface area contributed by atoms with Gasteiger partial charge in [0.05, 0.1) is 24.4 Å². The number of nitrogens with zero attached hydrogens (tertiary/aromatic N) is 4. The Kier molecular flexibility index (Phi) is 4.95. The van der Waals surface area contributed by atoms with E-state index in [4.69, 9.17) is 5.26 Å². The van der Waals surface area contributed by atoms with Crippen LogP contribution >= 0.6 is 0 Å². The minimum atomic E-state index is -0.200. The quantitative estimate of drug-likeness (QED) is 0.787. The molecular weight excluding hydrogens is 316 g/mol. The molecule has 6 nitrogen and oxygen atoms in total. The van der Waals surface area contributed by atoms with Crippen LogP contribution in [0.4, 0.5) is 11.4 Å². The van der Waals surface area contributed by atoms with Gasteiger partial charge in [-0.3, -0.25) is 4.79 Å². The van der Waals surface area contributed by atoms with Crippen molar-refractivity contribution in [1.29, 1.82) is 5.26 Å². The van der Waals surface area contributed by atoms with Crippen LogP contribution in [-0.2, 0) is 16.0 Å². The van der Waals surface area contributed by atoms with Crippen LogP contribution in [0.5, 0.6) is 0 Å². The fourth-order valence-electron chi connectivity index (χ4n) is 2.55. The van der Waals surface area contributed by atoms with Gasteiger partial charge in [0.2, 0.25) is 0 Å². The predicted octanol–water partition coefficient (Wildman–Crippen LogP) is 2.89. The largest absolute Gasteiger partial charge is 0.469 e. The molecule has 0 bridgehead atoms. The Morgan fingerprint density at radius 2 is 1.84 bits per heavy atom. The monoisotopic (exact) mass is 334 g/mol. The second kappa shape index (κ2) is 7.49. The first-order valence-electron chi connectivity index (χ1n) is 7.94. The second-order valence-corrected chi connectivity index (χ2v) is 5.64. The molecule has 6 heteroatoms. The van der Waals surface area contributed by atoms with E-state index in [0.717, 1.165) is 16.9 Å². The van der Waals surface area contributed by atoms with Gasteiger partial charge >= 0.3 is 5.97 Å². The van der Waals surface area contributed by atoms with Crippen LogP contribution in [0, 0.1) is 11.3 Å². The van der Waals surface area contributed by atoms with Gasteiger partial charge in [-0.2, -0.15) is 10.4 Å². The summed E-state index contributed by atoms with van der Waals surface area (Å²) in [5.74, 6) is -0.200. The molecule has 0 fully saturated rings. The van der Waals surface area contributed by atoms with Crippen LogP contribution < -0.4 is 9.91 Å². The molecule has 0 aromatic heterocycles. The number of carbonyl (C=O) groups excluding carboxylic acids is 1. The Morgan fingerprint density at radius 1 is 1.16 bits per heavy atom. The fraction of sp³-hybridized carbons (Fsp3) is 0.211. The zero-order valence-electron chi connectivity index (χ0n) is 13.9. The number of carbonyl (C=O) groups is 1.